The number of rotatable bonds is 12. The summed E-state index contributed by atoms with van der Waals surface area (Å²) >= 11 is 8.07. The standard InChI is InChI=1S/C28H35ClN2O5S/c1-4-7-10-16-36-27(35)22-21-13-14-28(37-21)23(22)25(33)31(18(6-3)17-32)24(28)26(34)30(15-5-2)20-12-9-8-11-19(20)29/h4-5,8-9,11-12,18,21-24,32H,1-2,6-7,10,13-17H2,3H3/t18-,21+,22-,23-,24?,28?/m0/s1. The van der Waals surface area contributed by atoms with E-state index in [2.05, 4.69) is 13.2 Å². The van der Waals surface area contributed by atoms with E-state index < -0.39 is 28.7 Å². The van der Waals surface area contributed by atoms with Gasteiger partial charge in [-0.1, -0.05) is 42.8 Å². The first kappa shape index (κ1) is 27.7. The van der Waals surface area contributed by atoms with E-state index in [-0.39, 0.29) is 42.8 Å². The van der Waals surface area contributed by atoms with Gasteiger partial charge >= 0.3 is 5.97 Å². The summed E-state index contributed by atoms with van der Waals surface area (Å²) < 4.78 is 4.83. The zero-order chi connectivity index (χ0) is 26.7. The van der Waals surface area contributed by atoms with Crippen LogP contribution in [-0.4, -0.2) is 69.6 Å². The molecule has 1 aromatic carbocycles. The van der Waals surface area contributed by atoms with Crippen molar-refractivity contribution in [3.05, 3.63) is 54.6 Å². The second kappa shape index (κ2) is 11.6. The predicted octanol–water partition coefficient (Wildman–Crippen LogP) is 4.23. The molecule has 2 amide bonds. The number of allylic oxidation sites excluding steroid dienone is 1. The Hall–Kier alpha value is -2.29. The number of unbranched alkanes of at least 4 members (excludes halogenated alkanes) is 1. The highest BCUT2D eigenvalue weighted by Gasteiger charge is 2.74. The zero-order valence-corrected chi connectivity index (χ0v) is 22.8. The molecule has 3 aliphatic heterocycles. The molecule has 2 unspecified atom stereocenters. The summed E-state index contributed by atoms with van der Waals surface area (Å²) in [6.45, 7) is 9.61. The Kier molecular flexibility index (Phi) is 8.71. The third-order valence-electron chi connectivity index (χ3n) is 7.84. The number of aliphatic hydroxyl groups excluding tert-OH is 1. The number of aliphatic hydroxyl groups is 1. The van der Waals surface area contributed by atoms with Crippen LogP contribution in [0.3, 0.4) is 0 Å². The van der Waals surface area contributed by atoms with Crippen molar-refractivity contribution in [1.82, 2.24) is 4.90 Å². The van der Waals surface area contributed by atoms with Crippen molar-refractivity contribution in [2.45, 2.75) is 61.1 Å². The lowest BCUT2D eigenvalue weighted by Gasteiger charge is -2.39. The van der Waals surface area contributed by atoms with Crippen LogP contribution in [0.2, 0.25) is 5.02 Å². The number of carbonyl (C=O) groups excluding carboxylic acids is 3. The number of amides is 2. The van der Waals surface area contributed by atoms with E-state index in [9.17, 15) is 19.5 Å². The Balaban J connectivity index is 1.74. The number of anilines is 1. The SMILES string of the molecule is C=CCCCOC(=O)[C@@H]1[C@H]2C(=O)N([C@@H](CC)CO)C(C(=O)N(CC=C)c3ccccc3Cl)C23CC[C@H]1S3. The van der Waals surface area contributed by atoms with Gasteiger partial charge in [0.2, 0.25) is 5.91 Å². The molecule has 0 radical (unpaired) electrons. The third-order valence-corrected chi connectivity index (χ3v) is 10.1. The Morgan fingerprint density at radius 2 is 2.11 bits per heavy atom. The summed E-state index contributed by atoms with van der Waals surface area (Å²) in [5, 5.41) is 10.6. The summed E-state index contributed by atoms with van der Waals surface area (Å²) in [6, 6.07) is 5.71. The number of carbonyl (C=O) groups is 3. The monoisotopic (exact) mass is 546 g/mol. The van der Waals surface area contributed by atoms with E-state index in [0.717, 1.165) is 12.8 Å². The van der Waals surface area contributed by atoms with Crippen molar-refractivity contribution in [3.8, 4) is 0 Å². The Morgan fingerprint density at radius 3 is 2.76 bits per heavy atom. The van der Waals surface area contributed by atoms with Gasteiger partial charge in [0.05, 0.1) is 46.5 Å². The van der Waals surface area contributed by atoms with Crippen molar-refractivity contribution in [2.24, 2.45) is 11.8 Å². The fourth-order valence-corrected chi connectivity index (χ4v) is 8.62. The first-order valence-corrected chi connectivity index (χ1v) is 14.2. The van der Waals surface area contributed by atoms with Gasteiger partial charge in [0.25, 0.3) is 5.91 Å². The summed E-state index contributed by atoms with van der Waals surface area (Å²) in [5.74, 6) is -2.18. The maximum Gasteiger partial charge on any atom is 0.310 e. The van der Waals surface area contributed by atoms with E-state index >= 15 is 0 Å². The molecule has 9 heteroatoms. The maximum absolute atomic E-state index is 14.4. The average molecular weight is 547 g/mol. The smallest absolute Gasteiger partial charge is 0.310 e. The van der Waals surface area contributed by atoms with Gasteiger partial charge in [-0.25, -0.2) is 0 Å². The van der Waals surface area contributed by atoms with Crippen molar-refractivity contribution in [1.29, 1.82) is 0 Å². The molecule has 200 valence electrons. The quantitative estimate of drug-likeness (QED) is 0.240. The van der Waals surface area contributed by atoms with Crippen LogP contribution < -0.4 is 4.90 Å². The Labute approximate surface area is 227 Å². The van der Waals surface area contributed by atoms with Gasteiger partial charge in [-0.05, 0) is 44.2 Å². The largest absolute Gasteiger partial charge is 0.465 e. The molecule has 1 N–H and O–H groups in total. The molecule has 0 aromatic heterocycles. The molecule has 3 saturated heterocycles. The number of halogens is 1. The van der Waals surface area contributed by atoms with Crippen LogP contribution in [0.15, 0.2) is 49.6 Å². The van der Waals surface area contributed by atoms with Gasteiger partial charge in [0.15, 0.2) is 0 Å². The van der Waals surface area contributed by atoms with Crippen LogP contribution in [0.5, 0.6) is 0 Å². The maximum atomic E-state index is 14.4. The second-order valence-corrected chi connectivity index (χ2v) is 11.8. The molecule has 7 nitrogen and oxygen atoms in total. The van der Waals surface area contributed by atoms with E-state index in [1.54, 1.807) is 58.0 Å². The van der Waals surface area contributed by atoms with Crippen LogP contribution in [0, 0.1) is 11.8 Å². The number of ether oxygens (including phenoxy) is 1. The first-order chi connectivity index (χ1) is 17.9. The van der Waals surface area contributed by atoms with E-state index in [1.165, 1.54) is 0 Å². The normalized spacial score (nSPS) is 28.6. The van der Waals surface area contributed by atoms with Crippen LogP contribution in [-0.2, 0) is 19.1 Å². The van der Waals surface area contributed by atoms with E-state index in [1.807, 2.05) is 6.92 Å². The van der Waals surface area contributed by atoms with Gasteiger partial charge in [-0.3, -0.25) is 14.4 Å². The van der Waals surface area contributed by atoms with Crippen LogP contribution in [0.4, 0.5) is 5.69 Å². The molecule has 1 aromatic rings. The molecule has 3 fully saturated rings. The molecule has 37 heavy (non-hydrogen) atoms. The van der Waals surface area contributed by atoms with Crippen LogP contribution >= 0.6 is 23.4 Å². The van der Waals surface area contributed by atoms with Gasteiger partial charge < -0.3 is 19.6 Å². The minimum Gasteiger partial charge on any atom is -0.465 e. The number of hydrogen-bond acceptors (Lipinski definition) is 6. The van der Waals surface area contributed by atoms with E-state index in [4.69, 9.17) is 16.3 Å². The Morgan fingerprint density at radius 1 is 1.35 bits per heavy atom. The Bertz CT molecular complexity index is 1060. The number of fused-ring (bicyclic) bond motifs is 1. The van der Waals surface area contributed by atoms with Gasteiger partial charge in [0, 0.05) is 11.8 Å². The van der Waals surface area contributed by atoms with Crippen molar-refractivity contribution in [3.63, 3.8) is 0 Å². The molecule has 6 atom stereocenters. The summed E-state index contributed by atoms with van der Waals surface area (Å²) in [6.07, 6.45) is 6.66. The molecule has 3 heterocycles. The zero-order valence-electron chi connectivity index (χ0n) is 21.2. The first-order valence-electron chi connectivity index (χ1n) is 12.9. The fourth-order valence-electron chi connectivity index (χ4n) is 6.20. The molecule has 0 saturated carbocycles. The van der Waals surface area contributed by atoms with Crippen molar-refractivity contribution in [2.75, 3.05) is 24.7 Å². The fraction of sp³-hybridized carbons (Fsp3) is 0.536. The van der Waals surface area contributed by atoms with Gasteiger partial charge in [-0.15, -0.1) is 24.9 Å². The molecule has 3 aliphatic rings. The molecule has 1 spiro atoms. The highest BCUT2D eigenvalue weighted by Crippen LogP contribution is 2.67. The van der Waals surface area contributed by atoms with E-state index in [0.29, 0.717) is 30.0 Å². The molecule has 2 bridgehead atoms. The molecule has 4 rings (SSSR count). The average Bonchev–Trinajstić information content (AvgIpc) is 3.54. The lowest BCUT2D eigenvalue weighted by atomic mass is 9.71. The number of likely N-dealkylation sites (tertiary alicyclic amines) is 1. The molecular weight excluding hydrogens is 512 g/mol. The minimum absolute atomic E-state index is 0.0827. The lowest BCUT2D eigenvalue weighted by molar-refractivity contribution is -0.154. The van der Waals surface area contributed by atoms with Crippen molar-refractivity contribution >= 4 is 46.8 Å². The lowest BCUT2D eigenvalue weighted by Crippen LogP contribution is -2.57. The number of para-hydroxylation sites is 1. The summed E-state index contributed by atoms with van der Waals surface area (Å²) in [4.78, 5) is 44.9. The number of esters is 1. The number of thioether (sulfide) groups is 1. The number of nitrogens with zero attached hydrogens (tertiary/aromatic N) is 2. The van der Waals surface area contributed by atoms with Gasteiger partial charge in [-0.2, -0.15) is 0 Å². The minimum atomic E-state index is -0.841. The second-order valence-electron chi connectivity index (χ2n) is 9.83. The van der Waals surface area contributed by atoms with Gasteiger partial charge in [0.1, 0.15) is 6.04 Å². The van der Waals surface area contributed by atoms with Crippen molar-refractivity contribution < 1.29 is 24.2 Å². The third kappa shape index (κ3) is 4.72. The molecular formula is C28H35ClN2O5S. The predicted molar refractivity (Wildman–Crippen MR) is 147 cm³/mol. The summed E-state index contributed by atoms with van der Waals surface area (Å²) in [7, 11) is 0. The van der Waals surface area contributed by atoms with Crippen LogP contribution in [0.25, 0.3) is 0 Å². The summed E-state index contributed by atoms with van der Waals surface area (Å²) in [5.41, 5.74) is 0.536. The number of hydrogen-bond donors (Lipinski definition) is 1. The molecule has 0 aliphatic carbocycles. The number of benzene rings is 1. The topological polar surface area (TPSA) is 87.1 Å². The van der Waals surface area contributed by atoms with Crippen LogP contribution in [0.1, 0.15) is 39.0 Å². The highest BCUT2D eigenvalue weighted by atomic mass is 35.5. The highest BCUT2D eigenvalue weighted by molar-refractivity contribution is 8.02.